The molecule has 2 aromatic carbocycles. The summed E-state index contributed by atoms with van der Waals surface area (Å²) < 4.78 is 1.55. The van der Waals surface area contributed by atoms with E-state index in [1.807, 2.05) is 36.5 Å². The van der Waals surface area contributed by atoms with Gasteiger partial charge in [0.1, 0.15) is 6.61 Å². The molecule has 0 aliphatic carbocycles. The summed E-state index contributed by atoms with van der Waals surface area (Å²) in [5.41, 5.74) is 3.85. The van der Waals surface area contributed by atoms with E-state index in [1.165, 1.54) is 12.4 Å². The Morgan fingerprint density at radius 3 is 2.69 bits per heavy atom. The second-order valence-electron chi connectivity index (χ2n) is 6.75. The molecule has 29 heavy (non-hydrogen) atoms. The molecule has 0 spiro atoms. The zero-order chi connectivity index (χ0) is 20.2. The van der Waals surface area contributed by atoms with E-state index in [9.17, 15) is 9.59 Å². The van der Waals surface area contributed by atoms with E-state index >= 15 is 0 Å². The predicted octanol–water partition coefficient (Wildman–Crippen LogP) is 2.88. The number of aryl methyl sites for hydroxylation is 2. The lowest BCUT2D eigenvalue weighted by Crippen LogP contribution is -2.22. The monoisotopic (exact) mass is 385 g/mol. The number of nitrogens with zero attached hydrogens (tertiary/aromatic N) is 3. The maximum atomic E-state index is 12.8. The summed E-state index contributed by atoms with van der Waals surface area (Å²) in [4.78, 5) is 33.1. The highest BCUT2D eigenvalue weighted by atomic mass is 16.3. The smallest absolute Gasteiger partial charge is 0.261 e. The fourth-order valence-corrected chi connectivity index (χ4v) is 3.27. The van der Waals surface area contributed by atoms with Gasteiger partial charge in [-0.25, -0.2) is 4.98 Å². The average Bonchev–Trinajstić information content (AvgIpc) is 2.79. The van der Waals surface area contributed by atoms with E-state index < -0.39 is 12.4 Å². The Morgan fingerprint density at radius 2 is 1.90 bits per heavy atom. The Balaban J connectivity index is 1.59. The molecular weight excluding hydrogens is 366 g/mol. The van der Waals surface area contributed by atoms with Gasteiger partial charge in [-0.2, -0.15) is 0 Å². The van der Waals surface area contributed by atoms with E-state index in [0.717, 1.165) is 16.7 Å². The molecule has 4 aromatic rings. The fourth-order valence-electron chi connectivity index (χ4n) is 3.27. The normalized spacial score (nSPS) is 10.9. The van der Waals surface area contributed by atoms with Crippen molar-refractivity contribution in [3.05, 3.63) is 94.8 Å². The van der Waals surface area contributed by atoms with Gasteiger partial charge in [-0.05, 0) is 47.4 Å². The van der Waals surface area contributed by atoms with Crippen molar-refractivity contribution < 1.29 is 9.90 Å². The number of Topliss-reactive ketones (excluding diaryl/α,β-unsaturated/α-hetero) is 1. The van der Waals surface area contributed by atoms with Gasteiger partial charge in [0, 0.05) is 24.5 Å². The predicted molar refractivity (Wildman–Crippen MR) is 111 cm³/mol. The average molecular weight is 385 g/mol. The van der Waals surface area contributed by atoms with Crippen molar-refractivity contribution in [3.63, 3.8) is 0 Å². The van der Waals surface area contributed by atoms with Crippen LogP contribution in [0.5, 0.6) is 0 Å². The lowest BCUT2D eigenvalue weighted by Gasteiger charge is -2.09. The molecule has 0 fully saturated rings. The number of fused-ring (bicyclic) bond motifs is 1. The van der Waals surface area contributed by atoms with Crippen LogP contribution in [0.3, 0.4) is 0 Å². The molecule has 0 radical (unpaired) electrons. The van der Waals surface area contributed by atoms with Crippen molar-refractivity contribution in [2.24, 2.45) is 0 Å². The van der Waals surface area contributed by atoms with Crippen molar-refractivity contribution in [1.29, 1.82) is 0 Å². The number of hydrogen-bond acceptors (Lipinski definition) is 5. The first-order valence-corrected chi connectivity index (χ1v) is 9.28. The van der Waals surface area contributed by atoms with Crippen LogP contribution < -0.4 is 5.56 Å². The van der Waals surface area contributed by atoms with Crippen LogP contribution in [0.15, 0.2) is 78.1 Å². The number of aromatic nitrogens is 3. The summed E-state index contributed by atoms with van der Waals surface area (Å²) in [7, 11) is 0. The lowest BCUT2D eigenvalue weighted by atomic mass is 10.0. The molecule has 6 heteroatoms. The van der Waals surface area contributed by atoms with Gasteiger partial charge in [0.2, 0.25) is 0 Å². The van der Waals surface area contributed by atoms with Gasteiger partial charge < -0.3 is 5.11 Å². The number of aliphatic hydroxyl groups is 1. The fraction of sp³-hybridized carbons (Fsp3) is 0.130. The quantitative estimate of drug-likeness (QED) is 0.516. The molecule has 0 amide bonds. The molecule has 144 valence electrons. The number of carbonyl (C=O) groups is 1. The highest BCUT2D eigenvalue weighted by Crippen LogP contribution is 2.19. The third-order valence-corrected chi connectivity index (χ3v) is 4.85. The van der Waals surface area contributed by atoms with Crippen molar-refractivity contribution in [3.8, 4) is 11.1 Å². The maximum absolute atomic E-state index is 12.8. The molecule has 0 aliphatic heterocycles. The highest BCUT2D eigenvalue weighted by molar-refractivity contribution is 5.99. The van der Waals surface area contributed by atoms with Gasteiger partial charge in [-0.15, -0.1) is 0 Å². The third-order valence-electron chi connectivity index (χ3n) is 4.85. The summed E-state index contributed by atoms with van der Waals surface area (Å²) in [6, 6.07) is 16.8. The number of benzene rings is 2. The van der Waals surface area contributed by atoms with Crippen molar-refractivity contribution in [2.75, 3.05) is 6.61 Å². The Labute approximate surface area is 167 Å². The van der Waals surface area contributed by atoms with Crippen LogP contribution >= 0.6 is 0 Å². The first-order valence-electron chi connectivity index (χ1n) is 9.28. The van der Waals surface area contributed by atoms with Crippen LogP contribution in [0.4, 0.5) is 0 Å². The number of ketones is 1. The number of pyridine rings is 1. The Morgan fingerprint density at radius 1 is 1.03 bits per heavy atom. The van der Waals surface area contributed by atoms with Gasteiger partial charge in [-0.1, -0.05) is 30.3 Å². The third kappa shape index (κ3) is 3.97. The topological polar surface area (TPSA) is 85.1 Å². The van der Waals surface area contributed by atoms with Crippen LogP contribution in [-0.4, -0.2) is 32.0 Å². The summed E-state index contributed by atoms with van der Waals surface area (Å²) in [6.07, 6.45) is 5.76. The van der Waals surface area contributed by atoms with Crippen molar-refractivity contribution >= 4 is 16.7 Å². The first-order chi connectivity index (χ1) is 14.2. The molecule has 0 atom stereocenters. The Kier molecular flexibility index (Phi) is 5.27. The number of rotatable bonds is 6. The SMILES string of the molecule is O=C(CO)c1ccc2ncn(CCc3cccc(-c4cccnc4)c3)c(=O)c2c1. The summed E-state index contributed by atoms with van der Waals surface area (Å²) in [5, 5.41) is 9.42. The van der Waals surface area contributed by atoms with E-state index in [-0.39, 0.29) is 5.56 Å². The number of carbonyl (C=O) groups excluding carboxylic acids is 1. The first kappa shape index (κ1) is 18.7. The molecule has 0 aliphatic rings. The molecule has 2 heterocycles. The van der Waals surface area contributed by atoms with Gasteiger partial charge in [-0.3, -0.25) is 19.1 Å². The van der Waals surface area contributed by atoms with Gasteiger partial charge >= 0.3 is 0 Å². The number of hydrogen-bond donors (Lipinski definition) is 1. The van der Waals surface area contributed by atoms with Crippen LogP contribution in [-0.2, 0) is 13.0 Å². The molecule has 0 saturated carbocycles. The summed E-state index contributed by atoms with van der Waals surface area (Å²) in [6.45, 7) is -0.121. The Bertz CT molecular complexity index is 1230. The van der Waals surface area contributed by atoms with Gasteiger partial charge in [0.15, 0.2) is 5.78 Å². The second-order valence-corrected chi connectivity index (χ2v) is 6.75. The molecule has 0 unspecified atom stereocenters. The van der Waals surface area contributed by atoms with Gasteiger partial charge in [0.05, 0.1) is 17.2 Å². The zero-order valence-corrected chi connectivity index (χ0v) is 15.7. The molecule has 4 rings (SSSR count). The molecular formula is C23H19N3O3. The largest absolute Gasteiger partial charge is 0.388 e. The van der Waals surface area contributed by atoms with E-state index in [2.05, 4.69) is 16.0 Å². The Hall–Kier alpha value is -3.64. The van der Waals surface area contributed by atoms with Crippen LogP contribution in [0, 0.1) is 0 Å². The molecule has 2 aromatic heterocycles. The summed E-state index contributed by atoms with van der Waals surface area (Å²) in [5.74, 6) is -0.422. The number of aliphatic hydroxyl groups excluding tert-OH is 1. The van der Waals surface area contributed by atoms with Crippen LogP contribution in [0.2, 0.25) is 0 Å². The van der Waals surface area contributed by atoms with Gasteiger partial charge in [0.25, 0.3) is 5.56 Å². The maximum Gasteiger partial charge on any atom is 0.261 e. The standard InChI is InChI=1S/C23H19N3O3/c27-14-22(28)18-6-7-21-20(12-18)23(29)26(15-25-21)10-8-16-3-1-4-17(11-16)19-5-2-9-24-13-19/h1-7,9,11-13,15,27H,8,10,14H2. The highest BCUT2D eigenvalue weighted by Gasteiger charge is 2.10. The van der Waals surface area contributed by atoms with Crippen LogP contribution in [0.25, 0.3) is 22.0 Å². The lowest BCUT2D eigenvalue weighted by molar-refractivity contribution is 0.0904. The minimum atomic E-state index is -0.590. The van der Waals surface area contributed by atoms with Crippen molar-refractivity contribution in [1.82, 2.24) is 14.5 Å². The molecule has 6 nitrogen and oxygen atoms in total. The minimum absolute atomic E-state index is 0.203. The zero-order valence-electron chi connectivity index (χ0n) is 15.7. The molecule has 0 saturated heterocycles. The van der Waals surface area contributed by atoms with E-state index in [4.69, 9.17) is 5.11 Å². The summed E-state index contributed by atoms with van der Waals surface area (Å²) >= 11 is 0. The van der Waals surface area contributed by atoms with Crippen molar-refractivity contribution in [2.45, 2.75) is 13.0 Å². The molecule has 0 bridgehead atoms. The van der Waals surface area contributed by atoms with Crippen LogP contribution in [0.1, 0.15) is 15.9 Å². The van der Waals surface area contributed by atoms with E-state index in [1.54, 1.807) is 22.9 Å². The molecule has 1 N–H and O–H groups in total. The van der Waals surface area contributed by atoms with E-state index in [0.29, 0.717) is 29.4 Å². The minimum Gasteiger partial charge on any atom is -0.388 e. The second kappa shape index (κ2) is 8.16.